The molecule has 2 N–H and O–H groups in total. The monoisotopic (exact) mass is 447 g/mol. The highest BCUT2D eigenvalue weighted by Gasteiger charge is 2.24. The lowest BCUT2D eigenvalue weighted by molar-refractivity contribution is 0.0926. The standard InChI is InChI=1S/C25H33N7O/c1-16(2)13-20-14-22(31-30-20)24(33)28-19-7-11-32(12-8-19)25-27-15-21(23(29-25)17(3)4)18-5-9-26-10-6-18/h5-6,9-10,14-17,19H,7-8,11-13H2,1-4H3,(H,28,33)(H,30,31). The summed E-state index contributed by atoms with van der Waals surface area (Å²) in [7, 11) is 0. The second-order valence-electron chi connectivity index (χ2n) is 9.47. The van der Waals surface area contributed by atoms with E-state index in [0.29, 0.717) is 11.6 Å². The van der Waals surface area contributed by atoms with Gasteiger partial charge in [0.15, 0.2) is 0 Å². The van der Waals surface area contributed by atoms with Crippen molar-refractivity contribution in [2.24, 2.45) is 5.92 Å². The fourth-order valence-electron chi connectivity index (χ4n) is 4.24. The van der Waals surface area contributed by atoms with Crippen LogP contribution in [-0.2, 0) is 6.42 Å². The Morgan fingerprint density at radius 2 is 1.91 bits per heavy atom. The van der Waals surface area contributed by atoms with Gasteiger partial charge in [0.2, 0.25) is 5.95 Å². The average Bonchev–Trinajstić information content (AvgIpc) is 3.28. The fourth-order valence-corrected chi connectivity index (χ4v) is 4.24. The summed E-state index contributed by atoms with van der Waals surface area (Å²) in [4.78, 5) is 28.5. The number of H-pyrrole nitrogens is 1. The molecule has 8 heteroatoms. The largest absolute Gasteiger partial charge is 0.348 e. The predicted molar refractivity (Wildman–Crippen MR) is 129 cm³/mol. The van der Waals surface area contributed by atoms with Gasteiger partial charge in [-0.2, -0.15) is 5.10 Å². The molecule has 0 aliphatic carbocycles. The molecule has 1 fully saturated rings. The van der Waals surface area contributed by atoms with Gasteiger partial charge in [-0.1, -0.05) is 27.7 Å². The van der Waals surface area contributed by atoms with Crippen molar-refractivity contribution in [1.82, 2.24) is 30.5 Å². The lowest BCUT2D eigenvalue weighted by Crippen LogP contribution is -2.45. The van der Waals surface area contributed by atoms with Crippen LogP contribution in [-0.4, -0.2) is 50.2 Å². The minimum absolute atomic E-state index is 0.111. The van der Waals surface area contributed by atoms with Crippen LogP contribution in [0.3, 0.4) is 0 Å². The van der Waals surface area contributed by atoms with Gasteiger partial charge < -0.3 is 10.2 Å². The second kappa shape index (κ2) is 10.1. The minimum atomic E-state index is -0.111. The number of rotatable bonds is 7. The summed E-state index contributed by atoms with van der Waals surface area (Å²) in [5, 5.41) is 10.3. The van der Waals surface area contributed by atoms with Gasteiger partial charge in [0.25, 0.3) is 5.91 Å². The van der Waals surface area contributed by atoms with Gasteiger partial charge in [0.1, 0.15) is 5.69 Å². The van der Waals surface area contributed by atoms with Crippen molar-refractivity contribution in [3.05, 3.63) is 53.9 Å². The van der Waals surface area contributed by atoms with Crippen molar-refractivity contribution in [3.63, 3.8) is 0 Å². The average molecular weight is 448 g/mol. The number of aromatic nitrogens is 5. The maximum absolute atomic E-state index is 12.6. The molecule has 0 radical (unpaired) electrons. The number of pyridine rings is 1. The van der Waals surface area contributed by atoms with Gasteiger partial charge in [-0.3, -0.25) is 14.9 Å². The maximum Gasteiger partial charge on any atom is 0.271 e. The van der Waals surface area contributed by atoms with Crippen LogP contribution in [0.25, 0.3) is 11.1 Å². The number of hydrogen-bond acceptors (Lipinski definition) is 6. The summed E-state index contributed by atoms with van der Waals surface area (Å²) >= 11 is 0. The molecule has 3 aromatic heterocycles. The Labute approximate surface area is 195 Å². The Balaban J connectivity index is 1.38. The topological polar surface area (TPSA) is 99.7 Å². The second-order valence-corrected chi connectivity index (χ2v) is 9.47. The normalized spacial score (nSPS) is 14.8. The van der Waals surface area contributed by atoms with E-state index in [1.807, 2.05) is 24.4 Å². The van der Waals surface area contributed by atoms with Crippen molar-refractivity contribution in [3.8, 4) is 11.1 Å². The molecular formula is C25H33N7O. The Hall–Kier alpha value is -3.29. The van der Waals surface area contributed by atoms with Gasteiger partial charge in [-0.15, -0.1) is 0 Å². The number of amides is 1. The molecule has 0 saturated carbocycles. The Morgan fingerprint density at radius 3 is 2.58 bits per heavy atom. The predicted octanol–water partition coefficient (Wildman–Crippen LogP) is 3.98. The first-order valence-electron chi connectivity index (χ1n) is 11.8. The van der Waals surface area contributed by atoms with Crippen LogP contribution < -0.4 is 10.2 Å². The summed E-state index contributed by atoms with van der Waals surface area (Å²) in [6.45, 7) is 10.2. The Morgan fingerprint density at radius 1 is 1.18 bits per heavy atom. The molecule has 0 bridgehead atoms. The number of piperidine rings is 1. The molecule has 3 aromatic rings. The molecule has 0 atom stereocenters. The highest BCUT2D eigenvalue weighted by molar-refractivity contribution is 5.92. The van der Waals surface area contributed by atoms with Crippen LogP contribution in [0.1, 0.15) is 68.3 Å². The molecule has 0 spiro atoms. The van der Waals surface area contributed by atoms with E-state index in [9.17, 15) is 4.79 Å². The van der Waals surface area contributed by atoms with E-state index in [-0.39, 0.29) is 17.9 Å². The fraction of sp³-hybridized carbons (Fsp3) is 0.480. The number of carbonyl (C=O) groups is 1. The van der Waals surface area contributed by atoms with Crippen molar-refractivity contribution in [2.45, 2.75) is 58.9 Å². The molecule has 1 amide bonds. The Kier molecular flexibility index (Phi) is 7.01. The van der Waals surface area contributed by atoms with Gasteiger partial charge in [0, 0.05) is 49.0 Å². The molecule has 4 rings (SSSR count). The minimum Gasteiger partial charge on any atom is -0.348 e. The van der Waals surface area contributed by atoms with E-state index in [2.05, 4.69) is 58.1 Å². The molecule has 0 aromatic carbocycles. The van der Waals surface area contributed by atoms with Crippen molar-refractivity contribution in [2.75, 3.05) is 18.0 Å². The Bertz CT molecular complexity index is 1070. The maximum atomic E-state index is 12.6. The van der Waals surface area contributed by atoms with E-state index in [1.54, 1.807) is 12.4 Å². The zero-order chi connectivity index (χ0) is 23.4. The van der Waals surface area contributed by atoms with Crippen LogP contribution in [0.15, 0.2) is 36.8 Å². The molecule has 0 unspecified atom stereocenters. The van der Waals surface area contributed by atoms with Crippen LogP contribution in [0.5, 0.6) is 0 Å². The molecule has 8 nitrogen and oxygen atoms in total. The summed E-state index contributed by atoms with van der Waals surface area (Å²) in [5.74, 6) is 1.44. The van der Waals surface area contributed by atoms with Gasteiger partial charge in [-0.05, 0) is 54.9 Å². The number of hydrogen-bond donors (Lipinski definition) is 2. The molecule has 4 heterocycles. The molecule has 33 heavy (non-hydrogen) atoms. The van der Waals surface area contributed by atoms with E-state index < -0.39 is 0 Å². The van der Waals surface area contributed by atoms with Crippen molar-refractivity contribution < 1.29 is 4.79 Å². The smallest absolute Gasteiger partial charge is 0.271 e. The quantitative estimate of drug-likeness (QED) is 0.568. The first-order valence-corrected chi connectivity index (χ1v) is 11.8. The molecule has 174 valence electrons. The summed E-state index contributed by atoms with van der Waals surface area (Å²) < 4.78 is 0. The number of carbonyl (C=O) groups excluding carboxylic acids is 1. The van der Waals surface area contributed by atoms with E-state index >= 15 is 0 Å². The van der Waals surface area contributed by atoms with Crippen molar-refractivity contribution in [1.29, 1.82) is 0 Å². The van der Waals surface area contributed by atoms with E-state index in [0.717, 1.165) is 60.8 Å². The van der Waals surface area contributed by atoms with E-state index in [1.165, 1.54) is 0 Å². The first kappa shape index (κ1) is 22.9. The SMILES string of the molecule is CC(C)Cc1cc(C(=O)NC2CCN(c3ncc(-c4ccncc4)c(C(C)C)n3)CC2)n[nH]1. The van der Waals surface area contributed by atoms with Crippen molar-refractivity contribution >= 4 is 11.9 Å². The zero-order valence-electron chi connectivity index (χ0n) is 19.9. The van der Waals surface area contributed by atoms with Crippen LogP contribution >= 0.6 is 0 Å². The van der Waals surface area contributed by atoms with Crippen LogP contribution in [0.4, 0.5) is 5.95 Å². The third-order valence-electron chi connectivity index (χ3n) is 5.95. The lowest BCUT2D eigenvalue weighted by atomic mass is 10.00. The molecular weight excluding hydrogens is 414 g/mol. The number of nitrogens with zero attached hydrogens (tertiary/aromatic N) is 5. The van der Waals surface area contributed by atoms with E-state index in [4.69, 9.17) is 4.98 Å². The van der Waals surface area contributed by atoms with Crippen LogP contribution in [0.2, 0.25) is 0 Å². The highest BCUT2D eigenvalue weighted by Crippen LogP contribution is 2.29. The molecule has 1 saturated heterocycles. The lowest BCUT2D eigenvalue weighted by Gasteiger charge is -2.32. The first-order chi connectivity index (χ1) is 15.9. The summed E-state index contributed by atoms with van der Waals surface area (Å²) in [5.41, 5.74) is 4.63. The highest BCUT2D eigenvalue weighted by atomic mass is 16.2. The number of aromatic amines is 1. The zero-order valence-corrected chi connectivity index (χ0v) is 19.9. The third kappa shape index (κ3) is 5.56. The van der Waals surface area contributed by atoms with Crippen LogP contribution in [0, 0.1) is 5.92 Å². The molecule has 1 aliphatic heterocycles. The van der Waals surface area contributed by atoms with Gasteiger partial charge in [0.05, 0.1) is 5.69 Å². The third-order valence-corrected chi connectivity index (χ3v) is 5.95. The molecule has 1 aliphatic rings. The van der Waals surface area contributed by atoms with Gasteiger partial charge >= 0.3 is 0 Å². The summed E-state index contributed by atoms with van der Waals surface area (Å²) in [6, 6.07) is 5.96. The number of anilines is 1. The number of nitrogens with one attached hydrogen (secondary N) is 2. The summed E-state index contributed by atoms with van der Waals surface area (Å²) in [6.07, 6.45) is 8.09. The van der Waals surface area contributed by atoms with Gasteiger partial charge in [-0.25, -0.2) is 9.97 Å².